The lowest BCUT2D eigenvalue weighted by Crippen LogP contribution is -2.46. The van der Waals surface area contributed by atoms with Crippen LogP contribution in [-0.4, -0.2) is 50.1 Å². The molecule has 1 heterocycles. The van der Waals surface area contributed by atoms with E-state index in [1.165, 1.54) is 0 Å². The third-order valence-corrected chi connectivity index (χ3v) is 5.50. The van der Waals surface area contributed by atoms with Gasteiger partial charge in [-0.2, -0.15) is 0 Å². The van der Waals surface area contributed by atoms with Gasteiger partial charge < -0.3 is 20.1 Å². The molecule has 2 N–H and O–H groups in total. The molecule has 1 fully saturated rings. The molecule has 2 aromatic carbocycles. The van der Waals surface area contributed by atoms with Crippen LogP contribution in [0.2, 0.25) is 0 Å². The molecule has 8 heteroatoms. The molecular formula is C24H29N3O5. The Morgan fingerprint density at radius 1 is 0.969 bits per heavy atom. The van der Waals surface area contributed by atoms with Gasteiger partial charge in [0.2, 0.25) is 5.91 Å². The molecule has 4 amide bonds. The van der Waals surface area contributed by atoms with Gasteiger partial charge in [-0.25, -0.2) is 4.79 Å². The second kappa shape index (κ2) is 9.72. The number of urea groups is 1. The number of benzene rings is 2. The highest BCUT2D eigenvalue weighted by Crippen LogP contribution is 2.37. The van der Waals surface area contributed by atoms with Crippen molar-refractivity contribution < 1.29 is 23.9 Å². The predicted molar refractivity (Wildman–Crippen MR) is 119 cm³/mol. The fourth-order valence-electron chi connectivity index (χ4n) is 3.66. The van der Waals surface area contributed by atoms with E-state index in [2.05, 4.69) is 24.5 Å². The monoisotopic (exact) mass is 439 g/mol. The van der Waals surface area contributed by atoms with E-state index in [1.807, 2.05) is 0 Å². The summed E-state index contributed by atoms with van der Waals surface area (Å²) >= 11 is 0. The topological polar surface area (TPSA) is 97.0 Å². The van der Waals surface area contributed by atoms with Gasteiger partial charge in [-0.15, -0.1) is 0 Å². The Bertz CT molecular complexity index is 923. The highest BCUT2D eigenvalue weighted by molar-refractivity contribution is 6.11. The van der Waals surface area contributed by atoms with Crippen LogP contribution in [0.25, 0.3) is 0 Å². The van der Waals surface area contributed by atoms with E-state index < -0.39 is 17.5 Å². The summed E-state index contributed by atoms with van der Waals surface area (Å²) in [6.45, 7) is 4.25. The molecule has 0 atom stereocenters. The standard InChI is InChI=1S/C24H29N3O5/c1-16(2)13-14-25-21(28)15-27-22(29)24(26-23(27)30,17-5-9-19(31-3)10-6-17)18-7-11-20(32-4)12-8-18/h5-12,16H,13-15H2,1-4H3,(H,25,28)(H,26,30). The Morgan fingerprint density at radius 2 is 1.47 bits per heavy atom. The molecule has 0 aromatic heterocycles. The Hall–Kier alpha value is -3.55. The van der Waals surface area contributed by atoms with Crippen molar-refractivity contribution >= 4 is 17.8 Å². The number of imide groups is 1. The smallest absolute Gasteiger partial charge is 0.326 e. The Labute approximate surface area is 187 Å². The van der Waals surface area contributed by atoms with Crippen molar-refractivity contribution in [3.63, 3.8) is 0 Å². The molecule has 1 aliphatic heterocycles. The first kappa shape index (κ1) is 23.1. The fourth-order valence-corrected chi connectivity index (χ4v) is 3.66. The molecule has 32 heavy (non-hydrogen) atoms. The van der Waals surface area contributed by atoms with Crippen LogP contribution in [0.15, 0.2) is 48.5 Å². The third-order valence-electron chi connectivity index (χ3n) is 5.50. The summed E-state index contributed by atoms with van der Waals surface area (Å²) < 4.78 is 10.4. The lowest BCUT2D eigenvalue weighted by molar-refractivity contribution is -0.134. The summed E-state index contributed by atoms with van der Waals surface area (Å²) in [7, 11) is 3.10. The lowest BCUT2D eigenvalue weighted by atomic mass is 9.82. The highest BCUT2D eigenvalue weighted by Gasteiger charge is 2.54. The SMILES string of the molecule is COc1ccc(C2(c3ccc(OC)cc3)NC(=O)N(CC(=O)NCCC(C)C)C2=O)cc1. The number of hydrogen-bond acceptors (Lipinski definition) is 5. The highest BCUT2D eigenvalue weighted by atomic mass is 16.5. The number of carbonyl (C=O) groups is 3. The number of ether oxygens (including phenoxy) is 2. The molecule has 0 unspecified atom stereocenters. The van der Waals surface area contributed by atoms with Crippen molar-refractivity contribution in [2.75, 3.05) is 27.3 Å². The molecule has 0 aliphatic carbocycles. The third kappa shape index (κ3) is 4.54. The van der Waals surface area contributed by atoms with E-state index in [9.17, 15) is 14.4 Å². The number of rotatable bonds is 9. The van der Waals surface area contributed by atoms with E-state index in [0.29, 0.717) is 35.1 Å². The summed E-state index contributed by atoms with van der Waals surface area (Å²) in [5.41, 5.74) is -0.345. The normalized spacial score (nSPS) is 15.0. The van der Waals surface area contributed by atoms with Crippen molar-refractivity contribution in [1.29, 1.82) is 0 Å². The van der Waals surface area contributed by atoms with Crippen molar-refractivity contribution in [3.8, 4) is 11.5 Å². The van der Waals surface area contributed by atoms with E-state index in [0.717, 1.165) is 11.3 Å². The van der Waals surface area contributed by atoms with Crippen LogP contribution in [0.5, 0.6) is 11.5 Å². The summed E-state index contributed by atoms with van der Waals surface area (Å²) in [5.74, 6) is 0.782. The molecule has 1 aliphatic rings. The largest absolute Gasteiger partial charge is 0.497 e. The van der Waals surface area contributed by atoms with Crippen molar-refractivity contribution in [3.05, 3.63) is 59.7 Å². The second-order valence-corrected chi connectivity index (χ2v) is 8.06. The zero-order valence-electron chi connectivity index (χ0n) is 18.8. The second-order valence-electron chi connectivity index (χ2n) is 8.06. The van der Waals surface area contributed by atoms with E-state index in [4.69, 9.17) is 9.47 Å². The number of amides is 4. The minimum Gasteiger partial charge on any atom is -0.497 e. The van der Waals surface area contributed by atoms with E-state index >= 15 is 0 Å². The van der Waals surface area contributed by atoms with Gasteiger partial charge in [0.05, 0.1) is 14.2 Å². The summed E-state index contributed by atoms with van der Waals surface area (Å²) in [6, 6.07) is 13.2. The van der Waals surface area contributed by atoms with Gasteiger partial charge in [0.25, 0.3) is 5.91 Å². The molecular weight excluding hydrogens is 410 g/mol. The van der Waals surface area contributed by atoms with Crippen molar-refractivity contribution in [2.24, 2.45) is 5.92 Å². The Morgan fingerprint density at radius 3 is 1.91 bits per heavy atom. The van der Waals surface area contributed by atoms with Crippen LogP contribution < -0.4 is 20.1 Å². The summed E-state index contributed by atoms with van der Waals surface area (Å²) in [5, 5.41) is 5.60. The van der Waals surface area contributed by atoms with Crippen LogP contribution in [0.4, 0.5) is 4.79 Å². The van der Waals surface area contributed by atoms with Crippen LogP contribution in [0.3, 0.4) is 0 Å². The van der Waals surface area contributed by atoms with Gasteiger partial charge in [-0.1, -0.05) is 38.1 Å². The first-order chi connectivity index (χ1) is 15.3. The van der Waals surface area contributed by atoms with Gasteiger partial charge >= 0.3 is 6.03 Å². The van der Waals surface area contributed by atoms with Crippen LogP contribution in [0, 0.1) is 5.92 Å². The molecule has 0 bridgehead atoms. The predicted octanol–water partition coefficient (Wildman–Crippen LogP) is 2.66. The van der Waals surface area contributed by atoms with Gasteiger partial charge in [0, 0.05) is 6.54 Å². The number of nitrogens with zero attached hydrogens (tertiary/aromatic N) is 1. The number of methoxy groups -OCH3 is 2. The maximum absolute atomic E-state index is 13.7. The molecule has 0 spiro atoms. The number of carbonyl (C=O) groups excluding carboxylic acids is 3. The van der Waals surface area contributed by atoms with Crippen molar-refractivity contribution in [2.45, 2.75) is 25.8 Å². The first-order valence-corrected chi connectivity index (χ1v) is 10.5. The molecule has 0 saturated carbocycles. The van der Waals surface area contributed by atoms with Gasteiger partial charge in [0.15, 0.2) is 5.54 Å². The molecule has 8 nitrogen and oxygen atoms in total. The fraction of sp³-hybridized carbons (Fsp3) is 0.375. The summed E-state index contributed by atoms with van der Waals surface area (Å²) in [6.07, 6.45) is 0.813. The van der Waals surface area contributed by atoms with Crippen LogP contribution >= 0.6 is 0 Å². The molecule has 3 rings (SSSR count). The molecule has 0 radical (unpaired) electrons. The van der Waals surface area contributed by atoms with Gasteiger partial charge in [-0.3, -0.25) is 14.5 Å². The van der Waals surface area contributed by atoms with Crippen LogP contribution in [0.1, 0.15) is 31.4 Å². The van der Waals surface area contributed by atoms with Crippen molar-refractivity contribution in [1.82, 2.24) is 15.5 Å². The average Bonchev–Trinajstić information content (AvgIpc) is 3.04. The zero-order chi connectivity index (χ0) is 23.3. The van der Waals surface area contributed by atoms with E-state index in [1.54, 1.807) is 62.8 Å². The quantitative estimate of drug-likeness (QED) is 0.586. The molecule has 1 saturated heterocycles. The Kier molecular flexibility index (Phi) is 7.02. The lowest BCUT2D eigenvalue weighted by Gasteiger charge is -2.28. The van der Waals surface area contributed by atoms with E-state index in [-0.39, 0.29) is 12.5 Å². The number of nitrogens with one attached hydrogen (secondary N) is 2. The summed E-state index contributed by atoms with van der Waals surface area (Å²) in [4.78, 5) is 39.9. The molecule has 2 aromatic rings. The average molecular weight is 440 g/mol. The molecule has 170 valence electrons. The maximum Gasteiger partial charge on any atom is 0.326 e. The Balaban J connectivity index is 1.95. The van der Waals surface area contributed by atoms with Gasteiger partial charge in [-0.05, 0) is 47.7 Å². The first-order valence-electron chi connectivity index (χ1n) is 10.5. The van der Waals surface area contributed by atoms with Gasteiger partial charge in [0.1, 0.15) is 18.0 Å². The maximum atomic E-state index is 13.7. The zero-order valence-corrected chi connectivity index (χ0v) is 18.8. The number of hydrogen-bond donors (Lipinski definition) is 2. The minimum atomic E-state index is -1.46. The minimum absolute atomic E-state index is 0.350. The van der Waals surface area contributed by atoms with Crippen LogP contribution in [-0.2, 0) is 15.1 Å².